The van der Waals surface area contributed by atoms with Gasteiger partial charge in [0.05, 0.1) is 12.6 Å². The van der Waals surface area contributed by atoms with Gasteiger partial charge in [0.15, 0.2) is 0 Å². The van der Waals surface area contributed by atoms with Gasteiger partial charge in [-0.2, -0.15) is 5.26 Å². The molecule has 0 amide bonds. The predicted octanol–water partition coefficient (Wildman–Crippen LogP) is 1.50. The summed E-state index contributed by atoms with van der Waals surface area (Å²) in [7, 11) is 1.80. The maximum absolute atomic E-state index is 9.81. The number of hydrogen-bond acceptors (Lipinski definition) is 4. The zero-order chi connectivity index (χ0) is 13.5. The van der Waals surface area contributed by atoms with Gasteiger partial charge >= 0.3 is 0 Å². The average Bonchev–Trinajstić information content (AvgIpc) is 2.28. The van der Waals surface area contributed by atoms with Crippen LogP contribution in [0.5, 0.6) is 5.75 Å². The van der Waals surface area contributed by atoms with Gasteiger partial charge in [0.25, 0.3) is 0 Å². The summed E-state index contributed by atoms with van der Waals surface area (Å²) in [5, 5.41) is 18.3. The highest BCUT2D eigenvalue weighted by Crippen LogP contribution is 2.22. The van der Waals surface area contributed by atoms with Crippen LogP contribution in [0.15, 0.2) is 18.2 Å². The molecule has 0 aromatic heterocycles. The number of ether oxygens (including phenoxy) is 1. The van der Waals surface area contributed by atoms with Gasteiger partial charge in [-0.25, -0.2) is 0 Å². The Morgan fingerprint density at radius 1 is 1.39 bits per heavy atom. The molecule has 0 fully saturated rings. The lowest BCUT2D eigenvalue weighted by molar-refractivity contribution is 0.0793. The monoisotopic (exact) mass is 248 g/mol. The minimum absolute atomic E-state index is 0.238. The fourth-order valence-electron chi connectivity index (χ4n) is 1.80. The molecule has 0 saturated heterocycles. The zero-order valence-corrected chi connectivity index (χ0v) is 11.2. The molecule has 0 saturated carbocycles. The van der Waals surface area contributed by atoms with Gasteiger partial charge in [0.2, 0.25) is 0 Å². The Bertz CT molecular complexity index is 406. The van der Waals surface area contributed by atoms with Crippen LogP contribution < -0.4 is 4.74 Å². The Morgan fingerprint density at radius 3 is 2.56 bits per heavy atom. The van der Waals surface area contributed by atoms with Crippen LogP contribution in [0.2, 0.25) is 0 Å². The first-order chi connectivity index (χ1) is 8.54. The van der Waals surface area contributed by atoms with Crippen molar-refractivity contribution in [3.63, 3.8) is 0 Å². The van der Waals surface area contributed by atoms with E-state index >= 15 is 0 Å². The summed E-state index contributed by atoms with van der Waals surface area (Å²) in [4.78, 5) is 1.76. The maximum Gasteiger partial charge on any atom is 0.125 e. The van der Waals surface area contributed by atoms with Gasteiger partial charge in [0, 0.05) is 6.54 Å². The molecule has 4 nitrogen and oxygen atoms in total. The Labute approximate surface area is 108 Å². The third-order valence-electron chi connectivity index (χ3n) is 2.69. The SMILES string of the molecule is Cc1cccc(C)c1OCC(O)CN(C)CC#N. The van der Waals surface area contributed by atoms with Crippen LogP contribution in [0.4, 0.5) is 0 Å². The quantitative estimate of drug-likeness (QED) is 0.775. The van der Waals surface area contributed by atoms with E-state index in [4.69, 9.17) is 10.00 Å². The number of aryl methyl sites for hydroxylation is 2. The van der Waals surface area contributed by atoms with Crippen LogP contribution in [0.1, 0.15) is 11.1 Å². The minimum atomic E-state index is -0.595. The van der Waals surface area contributed by atoms with Gasteiger partial charge < -0.3 is 9.84 Å². The van der Waals surface area contributed by atoms with E-state index in [2.05, 4.69) is 0 Å². The molecule has 1 aromatic carbocycles. The first-order valence-corrected chi connectivity index (χ1v) is 5.97. The summed E-state index contributed by atoms with van der Waals surface area (Å²) < 4.78 is 5.65. The van der Waals surface area contributed by atoms with Crippen molar-refractivity contribution in [2.75, 3.05) is 26.7 Å². The number of rotatable bonds is 6. The zero-order valence-electron chi connectivity index (χ0n) is 11.2. The largest absolute Gasteiger partial charge is 0.490 e. The summed E-state index contributed by atoms with van der Waals surface area (Å²) >= 11 is 0. The third kappa shape index (κ3) is 4.36. The second-order valence-corrected chi connectivity index (χ2v) is 4.54. The summed E-state index contributed by atoms with van der Waals surface area (Å²) in [6, 6.07) is 7.98. The predicted molar refractivity (Wildman–Crippen MR) is 70.5 cm³/mol. The van der Waals surface area contributed by atoms with Crippen molar-refractivity contribution in [3.8, 4) is 11.8 Å². The van der Waals surface area contributed by atoms with Crippen molar-refractivity contribution >= 4 is 0 Å². The third-order valence-corrected chi connectivity index (χ3v) is 2.69. The normalized spacial score (nSPS) is 12.2. The number of likely N-dealkylation sites (N-methyl/N-ethyl adjacent to an activating group) is 1. The Morgan fingerprint density at radius 2 is 2.00 bits per heavy atom. The van der Waals surface area contributed by atoms with E-state index in [-0.39, 0.29) is 6.61 Å². The summed E-state index contributed by atoms with van der Waals surface area (Å²) in [5.74, 6) is 0.833. The highest BCUT2D eigenvalue weighted by molar-refractivity contribution is 5.39. The van der Waals surface area contributed by atoms with Gasteiger partial charge in [-0.3, -0.25) is 4.90 Å². The molecule has 18 heavy (non-hydrogen) atoms. The average molecular weight is 248 g/mol. The van der Waals surface area contributed by atoms with Gasteiger partial charge in [-0.1, -0.05) is 18.2 Å². The molecule has 1 aromatic rings. The molecule has 0 spiro atoms. The highest BCUT2D eigenvalue weighted by atomic mass is 16.5. The highest BCUT2D eigenvalue weighted by Gasteiger charge is 2.10. The second-order valence-electron chi connectivity index (χ2n) is 4.54. The fraction of sp³-hybridized carbons (Fsp3) is 0.500. The lowest BCUT2D eigenvalue weighted by Crippen LogP contribution is -2.33. The Kier molecular flexibility index (Phi) is 5.63. The minimum Gasteiger partial charge on any atom is -0.490 e. The van der Waals surface area contributed by atoms with Crippen LogP contribution in [0, 0.1) is 25.2 Å². The molecular formula is C14H20N2O2. The van der Waals surface area contributed by atoms with E-state index in [9.17, 15) is 5.11 Å². The lowest BCUT2D eigenvalue weighted by atomic mass is 10.1. The molecule has 1 unspecified atom stereocenters. The number of hydrogen-bond donors (Lipinski definition) is 1. The number of nitrogens with zero attached hydrogens (tertiary/aromatic N) is 2. The van der Waals surface area contributed by atoms with Crippen molar-refractivity contribution in [3.05, 3.63) is 29.3 Å². The first kappa shape index (κ1) is 14.5. The molecular weight excluding hydrogens is 228 g/mol. The molecule has 1 N–H and O–H groups in total. The van der Waals surface area contributed by atoms with Crippen LogP contribution in [0.25, 0.3) is 0 Å². The number of aliphatic hydroxyl groups is 1. The topological polar surface area (TPSA) is 56.5 Å². The van der Waals surface area contributed by atoms with Crippen LogP contribution in [-0.4, -0.2) is 42.9 Å². The molecule has 0 aliphatic heterocycles. The van der Waals surface area contributed by atoms with Crippen LogP contribution in [-0.2, 0) is 0 Å². The van der Waals surface area contributed by atoms with E-state index in [1.165, 1.54) is 0 Å². The first-order valence-electron chi connectivity index (χ1n) is 5.97. The van der Waals surface area contributed by atoms with Crippen LogP contribution in [0.3, 0.4) is 0 Å². The van der Waals surface area contributed by atoms with E-state index in [1.807, 2.05) is 38.1 Å². The van der Waals surface area contributed by atoms with E-state index < -0.39 is 6.10 Å². The molecule has 0 heterocycles. The summed E-state index contributed by atoms with van der Waals surface area (Å²) in [6.45, 7) is 4.94. The van der Waals surface area contributed by atoms with E-state index in [1.54, 1.807) is 11.9 Å². The summed E-state index contributed by atoms with van der Waals surface area (Å²) in [5.41, 5.74) is 2.13. The smallest absolute Gasteiger partial charge is 0.125 e. The van der Waals surface area contributed by atoms with Gasteiger partial charge in [0.1, 0.15) is 18.5 Å². The standard InChI is InChI=1S/C14H20N2O2/c1-11-5-4-6-12(2)14(11)18-10-13(17)9-16(3)8-7-15/h4-6,13,17H,8-10H2,1-3H3. The molecule has 98 valence electrons. The van der Waals surface area contributed by atoms with Crippen molar-refractivity contribution in [2.45, 2.75) is 20.0 Å². The molecule has 0 aliphatic rings. The number of nitriles is 1. The molecule has 4 heteroatoms. The Balaban J connectivity index is 2.48. The number of para-hydroxylation sites is 1. The number of aliphatic hydroxyl groups excluding tert-OH is 1. The fourth-order valence-corrected chi connectivity index (χ4v) is 1.80. The van der Waals surface area contributed by atoms with Crippen molar-refractivity contribution in [1.29, 1.82) is 5.26 Å². The molecule has 1 rings (SSSR count). The van der Waals surface area contributed by atoms with Crippen molar-refractivity contribution in [2.24, 2.45) is 0 Å². The van der Waals surface area contributed by atoms with E-state index in [0.717, 1.165) is 16.9 Å². The van der Waals surface area contributed by atoms with Crippen molar-refractivity contribution in [1.82, 2.24) is 4.90 Å². The van der Waals surface area contributed by atoms with Crippen LogP contribution >= 0.6 is 0 Å². The second kappa shape index (κ2) is 7.00. The Hall–Kier alpha value is -1.57. The maximum atomic E-state index is 9.81. The lowest BCUT2D eigenvalue weighted by Gasteiger charge is -2.19. The summed E-state index contributed by atoms with van der Waals surface area (Å²) in [6.07, 6.45) is -0.595. The van der Waals surface area contributed by atoms with Gasteiger partial charge in [-0.05, 0) is 32.0 Å². The molecule has 1 atom stereocenters. The molecule has 0 aliphatic carbocycles. The van der Waals surface area contributed by atoms with Gasteiger partial charge in [-0.15, -0.1) is 0 Å². The number of benzene rings is 1. The van der Waals surface area contributed by atoms with Crippen molar-refractivity contribution < 1.29 is 9.84 Å². The molecule has 0 radical (unpaired) electrons. The molecule has 0 bridgehead atoms. The van der Waals surface area contributed by atoms with E-state index in [0.29, 0.717) is 13.1 Å².